The molecule has 2 saturated heterocycles. The molecule has 3 heterocycles. The molecule has 5 heteroatoms. The molecule has 1 aromatic heterocycles. The molecule has 2 N–H and O–H groups in total. The number of piperidine rings is 2. The van der Waals surface area contributed by atoms with E-state index < -0.39 is 0 Å². The molecular weight excluding hydrogens is 348 g/mol. The van der Waals surface area contributed by atoms with Gasteiger partial charge in [0.25, 0.3) is 5.91 Å². The molecule has 28 heavy (non-hydrogen) atoms. The van der Waals surface area contributed by atoms with Crippen LogP contribution in [0.1, 0.15) is 48.0 Å². The van der Waals surface area contributed by atoms with Crippen LogP contribution in [0.25, 0.3) is 0 Å². The summed E-state index contributed by atoms with van der Waals surface area (Å²) >= 11 is 0. The number of benzene rings is 1. The topological polar surface area (TPSA) is 62.5 Å². The Morgan fingerprint density at radius 2 is 1.96 bits per heavy atom. The molecule has 2 aliphatic rings. The molecule has 2 aromatic rings. The van der Waals surface area contributed by atoms with Gasteiger partial charge in [-0.15, -0.1) is 0 Å². The molecule has 1 atom stereocenters. The van der Waals surface area contributed by atoms with Crippen molar-refractivity contribution in [3.63, 3.8) is 0 Å². The van der Waals surface area contributed by atoms with Crippen molar-refractivity contribution < 1.29 is 4.79 Å². The number of hydrogen-bond donors (Lipinski definition) is 1. The van der Waals surface area contributed by atoms with Gasteiger partial charge in [-0.05, 0) is 54.8 Å². The number of carbonyl (C=O) groups excluding carboxylic acids is 1. The minimum absolute atomic E-state index is 0.0757. The Bertz CT molecular complexity index is 814. The molecule has 0 radical (unpaired) electrons. The van der Waals surface area contributed by atoms with Gasteiger partial charge in [0.15, 0.2) is 0 Å². The first-order valence-electron chi connectivity index (χ1n) is 10.4. The molecule has 2 fully saturated rings. The van der Waals surface area contributed by atoms with E-state index in [-0.39, 0.29) is 5.91 Å². The van der Waals surface area contributed by atoms with Gasteiger partial charge in [0.1, 0.15) is 5.82 Å². The second kappa shape index (κ2) is 7.92. The van der Waals surface area contributed by atoms with E-state index in [0.717, 1.165) is 45.6 Å². The number of likely N-dealkylation sites (tertiary alicyclic amines) is 2. The number of carbonyl (C=O) groups is 1. The fourth-order valence-corrected chi connectivity index (χ4v) is 5.00. The van der Waals surface area contributed by atoms with Gasteiger partial charge < -0.3 is 15.5 Å². The third-order valence-corrected chi connectivity index (χ3v) is 6.57. The normalized spacial score (nSPS) is 22.3. The highest BCUT2D eigenvalue weighted by Gasteiger charge is 2.42. The van der Waals surface area contributed by atoms with Crippen LogP contribution < -0.4 is 5.73 Å². The first-order chi connectivity index (χ1) is 13.6. The summed E-state index contributed by atoms with van der Waals surface area (Å²) in [6.45, 7) is 7.27. The van der Waals surface area contributed by atoms with E-state index in [1.807, 2.05) is 4.90 Å². The maximum Gasteiger partial charge on any atom is 0.254 e. The monoisotopic (exact) mass is 378 g/mol. The van der Waals surface area contributed by atoms with Crippen LogP contribution in [-0.4, -0.2) is 53.4 Å². The number of nitrogens with two attached hydrogens (primary N) is 1. The van der Waals surface area contributed by atoms with E-state index in [1.165, 1.54) is 12.0 Å². The smallest absolute Gasteiger partial charge is 0.254 e. The largest absolute Gasteiger partial charge is 0.384 e. The van der Waals surface area contributed by atoms with Gasteiger partial charge in [0.05, 0.1) is 0 Å². The van der Waals surface area contributed by atoms with Crippen molar-refractivity contribution in [2.75, 3.05) is 38.5 Å². The van der Waals surface area contributed by atoms with E-state index in [9.17, 15) is 4.79 Å². The SMILES string of the molecule is CCN1C[C@H](c2ccccc2)CC2(CCN(C(=O)c3ccnc(N)c3)CC2)C1. The summed E-state index contributed by atoms with van der Waals surface area (Å²) in [7, 11) is 0. The van der Waals surface area contributed by atoms with Gasteiger partial charge in [-0.2, -0.15) is 0 Å². The van der Waals surface area contributed by atoms with Crippen molar-refractivity contribution in [2.24, 2.45) is 5.41 Å². The van der Waals surface area contributed by atoms with Crippen molar-refractivity contribution in [3.05, 3.63) is 59.8 Å². The Morgan fingerprint density at radius 3 is 2.64 bits per heavy atom. The number of hydrogen-bond acceptors (Lipinski definition) is 4. The lowest BCUT2D eigenvalue weighted by Gasteiger charge is -2.50. The Kier molecular flexibility index (Phi) is 5.36. The van der Waals surface area contributed by atoms with Crippen molar-refractivity contribution in [2.45, 2.75) is 32.1 Å². The van der Waals surface area contributed by atoms with E-state index in [4.69, 9.17) is 5.73 Å². The number of nitrogen functional groups attached to an aromatic ring is 1. The molecule has 1 amide bonds. The highest BCUT2D eigenvalue weighted by atomic mass is 16.2. The van der Waals surface area contributed by atoms with Crippen LogP contribution in [0.3, 0.4) is 0 Å². The summed E-state index contributed by atoms with van der Waals surface area (Å²) in [6, 6.07) is 14.4. The first-order valence-corrected chi connectivity index (χ1v) is 10.4. The summed E-state index contributed by atoms with van der Waals surface area (Å²) < 4.78 is 0. The molecule has 1 spiro atoms. The lowest BCUT2D eigenvalue weighted by molar-refractivity contribution is 0.0158. The average Bonchev–Trinajstić information content (AvgIpc) is 2.74. The third kappa shape index (κ3) is 3.90. The van der Waals surface area contributed by atoms with Gasteiger partial charge in [0.2, 0.25) is 0 Å². The molecule has 4 rings (SSSR count). The fourth-order valence-electron chi connectivity index (χ4n) is 5.00. The van der Waals surface area contributed by atoms with Gasteiger partial charge in [-0.25, -0.2) is 4.98 Å². The van der Waals surface area contributed by atoms with Gasteiger partial charge in [0, 0.05) is 37.9 Å². The number of pyridine rings is 1. The molecule has 2 aliphatic heterocycles. The lowest BCUT2D eigenvalue weighted by atomic mass is 9.68. The van der Waals surface area contributed by atoms with Crippen LogP contribution in [0, 0.1) is 5.41 Å². The summed E-state index contributed by atoms with van der Waals surface area (Å²) in [4.78, 5) is 21.4. The molecular formula is C23H30N4O. The van der Waals surface area contributed by atoms with Crippen molar-refractivity contribution in [1.29, 1.82) is 0 Å². The molecule has 5 nitrogen and oxygen atoms in total. The number of amides is 1. The molecule has 0 bridgehead atoms. The maximum absolute atomic E-state index is 12.9. The Hall–Kier alpha value is -2.40. The van der Waals surface area contributed by atoms with E-state index in [1.54, 1.807) is 18.3 Å². The van der Waals surface area contributed by atoms with Crippen LogP contribution in [0.2, 0.25) is 0 Å². The van der Waals surface area contributed by atoms with Crippen LogP contribution >= 0.6 is 0 Å². The second-order valence-electron chi connectivity index (χ2n) is 8.40. The Balaban J connectivity index is 1.46. The minimum Gasteiger partial charge on any atom is -0.384 e. The highest BCUT2D eigenvalue weighted by molar-refractivity contribution is 5.94. The first kappa shape index (κ1) is 18.9. The van der Waals surface area contributed by atoms with Crippen molar-refractivity contribution in [3.8, 4) is 0 Å². The average molecular weight is 379 g/mol. The molecule has 148 valence electrons. The Labute approximate surface area is 167 Å². The predicted molar refractivity (Wildman–Crippen MR) is 112 cm³/mol. The Morgan fingerprint density at radius 1 is 1.21 bits per heavy atom. The zero-order valence-electron chi connectivity index (χ0n) is 16.7. The number of anilines is 1. The number of rotatable bonds is 3. The summed E-state index contributed by atoms with van der Waals surface area (Å²) in [5.41, 5.74) is 8.15. The predicted octanol–water partition coefficient (Wildman–Crippen LogP) is 3.40. The molecule has 0 saturated carbocycles. The van der Waals surface area contributed by atoms with Gasteiger partial charge >= 0.3 is 0 Å². The molecule has 0 unspecified atom stereocenters. The zero-order valence-corrected chi connectivity index (χ0v) is 16.7. The molecule has 0 aliphatic carbocycles. The van der Waals surface area contributed by atoms with E-state index >= 15 is 0 Å². The van der Waals surface area contributed by atoms with Crippen LogP contribution in [0.5, 0.6) is 0 Å². The summed E-state index contributed by atoms with van der Waals surface area (Å²) in [5.74, 6) is 1.06. The quantitative estimate of drug-likeness (QED) is 0.889. The standard InChI is InChI=1S/C23H30N4O/c1-2-26-16-20(18-6-4-3-5-7-18)15-23(17-26)9-12-27(13-10-23)22(28)19-8-11-25-21(24)14-19/h3-8,11,14,20H,2,9-10,12-13,15-17H2,1H3,(H2,24,25)/t20-/m1/s1. The number of likely N-dealkylation sites (N-methyl/N-ethyl adjacent to an activating group) is 1. The minimum atomic E-state index is 0.0757. The van der Waals surface area contributed by atoms with E-state index in [2.05, 4.69) is 47.1 Å². The van der Waals surface area contributed by atoms with Gasteiger partial charge in [-0.3, -0.25) is 4.79 Å². The summed E-state index contributed by atoms with van der Waals surface area (Å²) in [5, 5.41) is 0. The highest BCUT2D eigenvalue weighted by Crippen LogP contribution is 2.45. The van der Waals surface area contributed by atoms with Crippen LogP contribution in [0.4, 0.5) is 5.82 Å². The zero-order chi connectivity index (χ0) is 19.6. The van der Waals surface area contributed by atoms with Crippen LogP contribution in [-0.2, 0) is 0 Å². The summed E-state index contributed by atoms with van der Waals surface area (Å²) in [6.07, 6.45) is 4.97. The number of nitrogens with zero attached hydrogens (tertiary/aromatic N) is 3. The molecule has 1 aromatic carbocycles. The number of aromatic nitrogens is 1. The van der Waals surface area contributed by atoms with E-state index in [0.29, 0.717) is 22.7 Å². The maximum atomic E-state index is 12.9. The lowest BCUT2D eigenvalue weighted by Crippen LogP contribution is -2.52. The third-order valence-electron chi connectivity index (χ3n) is 6.57. The van der Waals surface area contributed by atoms with Crippen molar-refractivity contribution in [1.82, 2.24) is 14.8 Å². The van der Waals surface area contributed by atoms with Gasteiger partial charge in [-0.1, -0.05) is 37.3 Å². The van der Waals surface area contributed by atoms with Crippen molar-refractivity contribution >= 4 is 11.7 Å². The fraction of sp³-hybridized carbons (Fsp3) is 0.478. The second-order valence-corrected chi connectivity index (χ2v) is 8.40. The van der Waals surface area contributed by atoms with Crippen LogP contribution in [0.15, 0.2) is 48.7 Å².